The van der Waals surface area contributed by atoms with Gasteiger partial charge in [-0.25, -0.2) is 17.5 Å². The minimum Gasteiger partial charge on any atom is -0.329 e. The predicted molar refractivity (Wildman–Crippen MR) is 58.3 cm³/mol. The van der Waals surface area contributed by atoms with Crippen molar-refractivity contribution < 1.29 is 12.8 Å². The minimum absolute atomic E-state index is 0.00245. The lowest BCUT2D eigenvalue weighted by molar-refractivity contribution is 0.580. The van der Waals surface area contributed by atoms with Crippen molar-refractivity contribution in [2.45, 2.75) is 4.90 Å². The Bertz CT molecular complexity index is 450. The molecule has 0 heterocycles. The first kappa shape index (κ1) is 12.6. The molecule has 0 aliphatic rings. The summed E-state index contributed by atoms with van der Waals surface area (Å²) in [7, 11) is -3.61. The summed E-state index contributed by atoms with van der Waals surface area (Å²) in [4.78, 5) is -0.00245. The second kappa shape index (κ2) is 5.02. The predicted octanol–water partition coefficient (Wildman–Crippen LogP) is 0.825. The Labute approximate surface area is 95.8 Å². The van der Waals surface area contributed by atoms with Crippen LogP contribution in [0, 0.1) is 5.82 Å². The van der Waals surface area contributed by atoms with Gasteiger partial charge in [-0.2, -0.15) is 0 Å². The van der Waals surface area contributed by atoms with Crippen LogP contribution in [0.1, 0.15) is 0 Å². The lowest BCUT2D eigenvalue weighted by Crippen LogP contribution is -2.29. The van der Waals surface area contributed by atoms with Crippen LogP contribution in [-0.4, -0.2) is 21.5 Å². The van der Waals surface area contributed by atoms with E-state index in [-0.39, 0.29) is 22.5 Å². The molecule has 15 heavy (non-hydrogen) atoms. The van der Waals surface area contributed by atoms with Crippen LogP contribution in [0.2, 0.25) is 0 Å². The van der Waals surface area contributed by atoms with E-state index in [1.54, 1.807) is 0 Å². The molecule has 0 aliphatic heterocycles. The number of benzene rings is 1. The minimum atomic E-state index is -3.61. The SMILES string of the molecule is NCCNS(=O)(=O)c1ccc(F)cc1Br. The van der Waals surface area contributed by atoms with Crippen LogP contribution in [0.5, 0.6) is 0 Å². The van der Waals surface area contributed by atoms with Crippen molar-refractivity contribution in [2.75, 3.05) is 13.1 Å². The molecule has 0 bridgehead atoms. The Morgan fingerprint density at radius 2 is 2.13 bits per heavy atom. The summed E-state index contributed by atoms with van der Waals surface area (Å²) >= 11 is 2.98. The molecule has 3 N–H and O–H groups in total. The first-order valence-corrected chi connectivity index (χ1v) is 6.40. The highest BCUT2D eigenvalue weighted by Gasteiger charge is 2.16. The third-order valence-corrected chi connectivity index (χ3v) is 4.06. The van der Waals surface area contributed by atoms with E-state index in [2.05, 4.69) is 20.7 Å². The molecule has 0 aromatic heterocycles. The van der Waals surface area contributed by atoms with Gasteiger partial charge in [0.2, 0.25) is 10.0 Å². The van der Waals surface area contributed by atoms with Gasteiger partial charge in [0.25, 0.3) is 0 Å². The molecule has 84 valence electrons. The number of hydrogen-bond donors (Lipinski definition) is 2. The van der Waals surface area contributed by atoms with E-state index in [0.717, 1.165) is 12.1 Å². The van der Waals surface area contributed by atoms with E-state index >= 15 is 0 Å². The summed E-state index contributed by atoms with van der Waals surface area (Å²) in [5, 5.41) is 0. The average molecular weight is 297 g/mol. The third kappa shape index (κ3) is 3.23. The molecule has 0 amide bonds. The summed E-state index contributed by atoms with van der Waals surface area (Å²) in [5.74, 6) is -0.500. The number of nitrogens with one attached hydrogen (secondary N) is 1. The molecule has 1 aromatic carbocycles. The van der Waals surface area contributed by atoms with Gasteiger partial charge >= 0.3 is 0 Å². The molecule has 4 nitrogen and oxygen atoms in total. The van der Waals surface area contributed by atoms with Gasteiger partial charge < -0.3 is 5.73 Å². The van der Waals surface area contributed by atoms with Crippen LogP contribution in [-0.2, 0) is 10.0 Å². The molecule has 0 fully saturated rings. The van der Waals surface area contributed by atoms with Crippen molar-refractivity contribution >= 4 is 26.0 Å². The maximum Gasteiger partial charge on any atom is 0.241 e. The molecule has 0 aliphatic carbocycles. The smallest absolute Gasteiger partial charge is 0.241 e. The molecule has 1 rings (SSSR count). The first-order chi connectivity index (χ1) is 6.97. The summed E-state index contributed by atoms with van der Waals surface area (Å²) in [6, 6.07) is 3.37. The molecule has 0 saturated carbocycles. The highest BCUT2D eigenvalue weighted by atomic mass is 79.9. The topological polar surface area (TPSA) is 72.2 Å². The van der Waals surface area contributed by atoms with E-state index in [1.165, 1.54) is 6.07 Å². The molecule has 7 heteroatoms. The molecule has 0 unspecified atom stereocenters. The van der Waals surface area contributed by atoms with Crippen molar-refractivity contribution in [1.29, 1.82) is 0 Å². The van der Waals surface area contributed by atoms with Gasteiger partial charge in [0.1, 0.15) is 5.82 Å². The van der Waals surface area contributed by atoms with E-state index in [4.69, 9.17) is 5.73 Å². The van der Waals surface area contributed by atoms with E-state index in [0.29, 0.717) is 0 Å². The zero-order valence-electron chi connectivity index (χ0n) is 7.70. The van der Waals surface area contributed by atoms with Crippen LogP contribution >= 0.6 is 15.9 Å². The quantitative estimate of drug-likeness (QED) is 0.864. The van der Waals surface area contributed by atoms with Crippen LogP contribution in [0.15, 0.2) is 27.6 Å². The second-order valence-electron chi connectivity index (χ2n) is 2.76. The lowest BCUT2D eigenvalue weighted by Gasteiger charge is -2.07. The Morgan fingerprint density at radius 1 is 1.47 bits per heavy atom. The number of hydrogen-bond acceptors (Lipinski definition) is 3. The van der Waals surface area contributed by atoms with E-state index in [1.807, 2.05) is 0 Å². The summed E-state index contributed by atoms with van der Waals surface area (Å²) in [5.41, 5.74) is 5.18. The van der Waals surface area contributed by atoms with Crippen LogP contribution in [0.3, 0.4) is 0 Å². The Morgan fingerprint density at radius 3 is 2.67 bits per heavy atom. The van der Waals surface area contributed by atoms with E-state index in [9.17, 15) is 12.8 Å². The van der Waals surface area contributed by atoms with Crippen LogP contribution in [0.4, 0.5) is 4.39 Å². The van der Waals surface area contributed by atoms with Crippen LogP contribution in [0.25, 0.3) is 0 Å². The third-order valence-electron chi connectivity index (χ3n) is 1.62. The fraction of sp³-hybridized carbons (Fsp3) is 0.250. The van der Waals surface area contributed by atoms with Crippen molar-refractivity contribution in [3.8, 4) is 0 Å². The molecule has 0 atom stereocenters. The van der Waals surface area contributed by atoms with Crippen molar-refractivity contribution in [3.63, 3.8) is 0 Å². The molecular weight excluding hydrogens is 287 g/mol. The number of halogens is 2. The van der Waals surface area contributed by atoms with Crippen molar-refractivity contribution in [3.05, 3.63) is 28.5 Å². The summed E-state index contributed by atoms with van der Waals surface area (Å²) in [6.45, 7) is 0.351. The number of rotatable bonds is 4. The number of sulfonamides is 1. The molecule has 1 aromatic rings. The van der Waals surface area contributed by atoms with E-state index < -0.39 is 15.8 Å². The van der Waals surface area contributed by atoms with Gasteiger partial charge in [0, 0.05) is 17.6 Å². The summed E-state index contributed by atoms with van der Waals surface area (Å²) in [6.07, 6.45) is 0. The number of nitrogens with two attached hydrogens (primary N) is 1. The van der Waals surface area contributed by atoms with Gasteiger partial charge in [-0.1, -0.05) is 0 Å². The maximum atomic E-state index is 12.7. The van der Waals surface area contributed by atoms with Gasteiger partial charge in [0.15, 0.2) is 0 Å². The zero-order chi connectivity index (χ0) is 11.5. The molecule has 0 saturated heterocycles. The fourth-order valence-electron chi connectivity index (χ4n) is 0.964. The maximum absolute atomic E-state index is 12.7. The van der Waals surface area contributed by atoms with Crippen molar-refractivity contribution in [2.24, 2.45) is 5.73 Å². The Kier molecular flexibility index (Phi) is 4.21. The summed E-state index contributed by atoms with van der Waals surface area (Å²) < 4.78 is 38.4. The highest BCUT2D eigenvalue weighted by molar-refractivity contribution is 9.10. The monoisotopic (exact) mass is 296 g/mol. The average Bonchev–Trinajstić information content (AvgIpc) is 2.14. The zero-order valence-corrected chi connectivity index (χ0v) is 10.1. The van der Waals surface area contributed by atoms with Crippen LogP contribution < -0.4 is 10.5 Å². The normalized spacial score (nSPS) is 11.7. The molecule has 0 spiro atoms. The van der Waals surface area contributed by atoms with Gasteiger partial charge in [0.05, 0.1) is 4.90 Å². The largest absolute Gasteiger partial charge is 0.329 e. The van der Waals surface area contributed by atoms with Gasteiger partial charge in [-0.05, 0) is 34.1 Å². The van der Waals surface area contributed by atoms with Gasteiger partial charge in [-0.3, -0.25) is 0 Å². The highest BCUT2D eigenvalue weighted by Crippen LogP contribution is 2.22. The van der Waals surface area contributed by atoms with Crippen molar-refractivity contribution in [1.82, 2.24) is 4.72 Å². The van der Waals surface area contributed by atoms with Gasteiger partial charge in [-0.15, -0.1) is 0 Å². The first-order valence-electron chi connectivity index (χ1n) is 4.12. The second-order valence-corrected chi connectivity index (χ2v) is 5.35. The molecule has 0 radical (unpaired) electrons. The fourth-order valence-corrected chi connectivity index (χ4v) is 3.06. The lowest BCUT2D eigenvalue weighted by atomic mass is 10.3. The Hall–Kier alpha value is -0.500. The standard InChI is InChI=1S/C8H10BrFN2O2S/c9-7-5-6(10)1-2-8(7)15(13,14)12-4-3-11/h1-2,5,12H,3-4,11H2. The molecular formula is C8H10BrFN2O2S. The Balaban J connectivity index is 3.05.